The Morgan fingerprint density at radius 1 is 1.24 bits per heavy atom. The lowest BCUT2D eigenvalue weighted by Gasteiger charge is -2.26. The molecule has 5 nitrogen and oxygen atoms in total. The largest absolute Gasteiger partial charge is 0.394 e. The van der Waals surface area contributed by atoms with Gasteiger partial charge in [0.25, 0.3) is 5.91 Å². The number of anilines is 1. The summed E-state index contributed by atoms with van der Waals surface area (Å²) in [6.45, 7) is 7.61. The highest BCUT2D eigenvalue weighted by Gasteiger charge is 2.19. The summed E-state index contributed by atoms with van der Waals surface area (Å²) in [5, 5.41) is 14.9. The third-order valence-corrected chi connectivity index (χ3v) is 4.67. The summed E-state index contributed by atoms with van der Waals surface area (Å²) in [6.07, 6.45) is 4.29. The van der Waals surface area contributed by atoms with Gasteiger partial charge in [-0.2, -0.15) is 0 Å². The Hall–Kier alpha value is -2.11. The number of rotatable bonds is 8. The molecular formula is C20H28N2O3. The quantitative estimate of drug-likeness (QED) is 0.634. The Morgan fingerprint density at radius 2 is 2.00 bits per heavy atom. The van der Waals surface area contributed by atoms with E-state index < -0.39 is 0 Å². The van der Waals surface area contributed by atoms with Crippen molar-refractivity contribution in [3.8, 4) is 0 Å². The van der Waals surface area contributed by atoms with Crippen LogP contribution in [0.3, 0.4) is 0 Å². The molecule has 1 aromatic carbocycles. The first-order valence-electron chi connectivity index (χ1n) is 8.76. The van der Waals surface area contributed by atoms with E-state index in [4.69, 9.17) is 9.84 Å². The number of hydrogen-bond acceptors (Lipinski definition) is 4. The summed E-state index contributed by atoms with van der Waals surface area (Å²) >= 11 is 0. The normalized spacial score (nSPS) is 19.8. The highest BCUT2D eigenvalue weighted by Crippen LogP contribution is 2.30. The fourth-order valence-electron chi connectivity index (χ4n) is 2.76. The molecule has 2 atom stereocenters. The first kappa shape index (κ1) is 19.2. The van der Waals surface area contributed by atoms with Crippen LogP contribution >= 0.6 is 0 Å². The molecular weight excluding hydrogens is 316 g/mol. The second kappa shape index (κ2) is 9.39. The van der Waals surface area contributed by atoms with E-state index in [1.807, 2.05) is 18.2 Å². The van der Waals surface area contributed by atoms with E-state index in [1.165, 1.54) is 5.57 Å². The van der Waals surface area contributed by atoms with Crippen LogP contribution in [0.15, 0.2) is 47.7 Å². The second-order valence-corrected chi connectivity index (χ2v) is 6.37. The summed E-state index contributed by atoms with van der Waals surface area (Å²) in [4.78, 5) is 12.4. The first-order chi connectivity index (χ1) is 12.0. The maximum absolute atomic E-state index is 12.4. The number of carbonyl (C=O) groups is 1. The van der Waals surface area contributed by atoms with Crippen molar-refractivity contribution in [1.82, 2.24) is 5.32 Å². The summed E-state index contributed by atoms with van der Waals surface area (Å²) in [7, 11) is 0. The van der Waals surface area contributed by atoms with E-state index in [1.54, 1.807) is 6.07 Å². The zero-order chi connectivity index (χ0) is 18.2. The summed E-state index contributed by atoms with van der Waals surface area (Å²) < 4.78 is 5.16. The van der Waals surface area contributed by atoms with Crippen LogP contribution in [0.4, 0.5) is 5.69 Å². The monoisotopic (exact) mass is 344 g/mol. The Bertz CT molecular complexity index is 652. The summed E-state index contributed by atoms with van der Waals surface area (Å²) in [5.41, 5.74) is 3.74. The molecule has 0 radical (unpaired) electrons. The van der Waals surface area contributed by atoms with Gasteiger partial charge in [0, 0.05) is 12.2 Å². The van der Waals surface area contributed by atoms with Crippen LogP contribution in [0.5, 0.6) is 0 Å². The molecule has 0 fully saturated rings. The number of allylic oxidation sites excluding steroid dienone is 3. The highest BCUT2D eigenvalue weighted by molar-refractivity contribution is 5.99. The molecule has 25 heavy (non-hydrogen) atoms. The number of ether oxygens (including phenoxy) is 1. The molecule has 2 rings (SSSR count). The van der Waals surface area contributed by atoms with E-state index in [-0.39, 0.29) is 19.1 Å². The number of aliphatic hydroxyl groups excluding tert-OH is 1. The predicted octanol–water partition coefficient (Wildman–Crippen LogP) is 2.95. The molecule has 1 aliphatic carbocycles. The number of nitrogens with one attached hydrogen (secondary N) is 2. The van der Waals surface area contributed by atoms with Crippen LogP contribution in [0.1, 0.15) is 31.1 Å². The number of carbonyl (C=O) groups excluding carboxylic acids is 1. The fourth-order valence-corrected chi connectivity index (χ4v) is 2.76. The van der Waals surface area contributed by atoms with Gasteiger partial charge < -0.3 is 20.5 Å². The van der Waals surface area contributed by atoms with Crippen LogP contribution < -0.4 is 10.6 Å². The van der Waals surface area contributed by atoms with E-state index in [0.29, 0.717) is 30.6 Å². The molecule has 0 spiro atoms. The van der Waals surface area contributed by atoms with Gasteiger partial charge in [0.05, 0.1) is 31.1 Å². The number of benzene rings is 1. The van der Waals surface area contributed by atoms with Gasteiger partial charge in [-0.1, -0.05) is 32.1 Å². The van der Waals surface area contributed by atoms with E-state index in [9.17, 15) is 4.79 Å². The molecule has 2 unspecified atom stereocenters. The van der Waals surface area contributed by atoms with Crippen molar-refractivity contribution >= 4 is 11.6 Å². The molecule has 1 amide bonds. The van der Waals surface area contributed by atoms with Gasteiger partial charge in [0.1, 0.15) is 0 Å². The highest BCUT2D eigenvalue weighted by atomic mass is 16.5. The van der Waals surface area contributed by atoms with Gasteiger partial charge in [-0.3, -0.25) is 4.79 Å². The molecule has 0 aliphatic heterocycles. The lowest BCUT2D eigenvalue weighted by atomic mass is 9.84. The van der Waals surface area contributed by atoms with Crippen LogP contribution in [-0.4, -0.2) is 37.4 Å². The maximum Gasteiger partial charge on any atom is 0.253 e. The third kappa shape index (κ3) is 5.18. The average Bonchev–Trinajstić information content (AvgIpc) is 2.62. The van der Waals surface area contributed by atoms with Crippen molar-refractivity contribution in [3.05, 3.63) is 53.3 Å². The van der Waals surface area contributed by atoms with Crippen molar-refractivity contribution in [1.29, 1.82) is 0 Å². The van der Waals surface area contributed by atoms with E-state index >= 15 is 0 Å². The molecule has 0 saturated heterocycles. The fraction of sp³-hybridized carbons (Fsp3) is 0.450. The number of hydrogen-bond donors (Lipinski definition) is 3. The summed E-state index contributed by atoms with van der Waals surface area (Å²) in [6, 6.07) is 7.48. The minimum Gasteiger partial charge on any atom is -0.394 e. The zero-order valence-electron chi connectivity index (χ0n) is 15.2. The smallest absolute Gasteiger partial charge is 0.253 e. The van der Waals surface area contributed by atoms with Crippen LogP contribution in [0.2, 0.25) is 0 Å². The molecule has 0 saturated carbocycles. The van der Waals surface area contributed by atoms with Crippen molar-refractivity contribution in [2.45, 2.75) is 20.8 Å². The van der Waals surface area contributed by atoms with Gasteiger partial charge in [-0.05, 0) is 42.5 Å². The van der Waals surface area contributed by atoms with Gasteiger partial charge in [0.15, 0.2) is 0 Å². The Balaban J connectivity index is 2.05. The zero-order valence-corrected chi connectivity index (χ0v) is 15.2. The predicted molar refractivity (Wildman–Crippen MR) is 100 cm³/mol. The van der Waals surface area contributed by atoms with Gasteiger partial charge in [-0.25, -0.2) is 0 Å². The van der Waals surface area contributed by atoms with Gasteiger partial charge in [0.2, 0.25) is 0 Å². The molecule has 3 N–H and O–H groups in total. The minimum atomic E-state index is -0.143. The van der Waals surface area contributed by atoms with Crippen LogP contribution in [0, 0.1) is 11.8 Å². The van der Waals surface area contributed by atoms with Crippen LogP contribution in [0.25, 0.3) is 0 Å². The lowest BCUT2D eigenvalue weighted by Crippen LogP contribution is -2.28. The van der Waals surface area contributed by atoms with E-state index in [2.05, 4.69) is 43.6 Å². The lowest BCUT2D eigenvalue weighted by molar-refractivity contribution is 0.0838. The second-order valence-electron chi connectivity index (χ2n) is 6.37. The topological polar surface area (TPSA) is 70.6 Å². The first-order valence-corrected chi connectivity index (χ1v) is 8.76. The van der Waals surface area contributed by atoms with E-state index in [0.717, 1.165) is 11.4 Å². The molecule has 0 heterocycles. The third-order valence-electron chi connectivity index (χ3n) is 4.67. The Morgan fingerprint density at radius 3 is 2.76 bits per heavy atom. The number of aliphatic hydroxyl groups is 1. The average molecular weight is 344 g/mol. The van der Waals surface area contributed by atoms with Crippen molar-refractivity contribution in [3.63, 3.8) is 0 Å². The summed E-state index contributed by atoms with van der Waals surface area (Å²) in [5.74, 6) is 0.843. The van der Waals surface area contributed by atoms with Gasteiger partial charge >= 0.3 is 0 Å². The molecule has 1 aromatic rings. The molecule has 0 bridgehead atoms. The Labute approximate surface area is 149 Å². The standard InChI is InChI=1S/C20H28N2O3/c1-14-8-9-18(16(3)15(14)2)22-19-7-5-4-6-17(19)20(24)21-10-12-25-13-11-23/h4-9,14-15,22-23H,10-13H2,1-3H3,(H,21,24). The van der Waals surface area contributed by atoms with Crippen LogP contribution in [-0.2, 0) is 4.74 Å². The van der Waals surface area contributed by atoms with Crippen molar-refractivity contribution < 1.29 is 14.6 Å². The Kier molecular flexibility index (Phi) is 7.22. The molecule has 5 heteroatoms. The van der Waals surface area contributed by atoms with Gasteiger partial charge in [-0.15, -0.1) is 0 Å². The van der Waals surface area contributed by atoms with Crippen molar-refractivity contribution in [2.24, 2.45) is 11.8 Å². The molecule has 0 aromatic heterocycles. The van der Waals surface area contributed by atoms with Crippen molar-refractivity contribution in [2.75, 3.05) is 31.7 Å². The number of para-hydroxylation sites is 1. The SMILES string of the molecule is CC1=C(Nc2ccccc2C(=O)NCCOCCO)C=CC(C)C1C. The number of amides is 1. The maximum atomic E-state index is 12.4. The minimum absolute atomic E-state index is 0.0142. The molecule has 1 aliphatic rings. The molecule has 136 valence electrons.